The molecular formula is C13H20N2O2. The van der Waals surface area contributed by atoms with Gasteiger partial charge in [0.2, 0.25) is 0 Å². The molecule has 0 saturated carbocycles. The van der Waals surface area contributed by atoms with Crippen molar-refractivity contribution in [2.45, 2.75) is 13.2 Å². The fourth-order valence-corrected chi connectivity index (χ4v) is 2.09. The molecule has 1 fully saturated rings. The summed E-state index contributed by atoms with van der Waals surface area (Å²) in [6.45, 7) is 4.99. The number of phenols is 1. The van der Waals surface area contributed by atoms with E-state index >= 15 is 0 Å². The average molecular weight is 236 g/mol. The van der Waals surface area contributed by atoms with Gasteiger partial charge in [0.1, 0.15) is 5.75 Å². The number of piperazine rings is 1. The van der Waals surface area contributed by atoms with Gasteiger partial charge in [-0.25, -0.2) is 0 Å². The van der Waals surface area contributed by atoms with Crippen LogP contribution in [-0.2, 0) is 13.2 Å². The molecule has 0 amide bonds. The zero-order chi connectivity index (χ0) is 12.3. The van der Waals surface area contributed by atoms with Crippen LogP contribution in [0, 0.1) is 0 Å². The Hall–Kier alpha value is -1.10. The van der Waals surface area contributed by atoms with Crippen molar-refractivity contribution in [3.8, 4) is 5.75 Å². The smallest absolute Gasteiger partial charge is 0.120 e. The van der Waals surface area contributed by atoms with E-state index in [4.69, 9.17) is 5.11 Å². The third-order valence-corrected chi connectivity index (χ3v) is 3.32. The summed E-state index contributed by atoms with van der Waals surface area (Å²) >= 11 is 0. The van der Waals surface area contributed by atoms with Gasteiger partial charge in [0.15, 0.2) is 0 Å². The molecule has 1 heterocycles. The molecule has 1 aliphatic heterocycles. The Morgan fingerprint density at radius 3 is 2.47 bits per heavy atom. The number of aliphatic hydroxyl groups excluding tert-OH is 1. The molecule has 0 aliphatic carbocycles. The number of rotatable bonds is 3. The van der Waals surface area contributed by atoms with Crippen LogP contribution in [0.25, 0.3) is 0 Å². The van der Waals surface area contributed by atoms with Crippen molar-refractivity contribution in [1.29, 1.82) is 0 Å². The van der Waals surface area contributed by atoms with Crippen molar-refractivity contribution in [2.24, 2.45) is 0 Å². The molecule has 17 heavy (non-hydrogen) atoms. The van der Waals surface area contributed by atoms with Crippen molar-refractivity contribution in [1.82, 2.24) is 9.80 Å². The van der Waals surface area contributed by atoms with Crippen LogP contribution in [-0.4, -0.2) is 53.2 Å². The van der Waals surface area contributed by atoms with E-state index in [0.29, 0.717) is 0 Å². The van der Waals surface area contributed by atoms with Gasteiger partial charge in [-0.3, -0.25) is 4.90 Å². The van der Waals surface area contributed by atoms with Crippen LogP contribution in [0.4, 0.5) is 0 Å². The highest BCUT2D eigenvalue weighted by Crippen LogP contribution is 2.21. The highest BCUT2D eigenvalue weighted by atomic mass is 16.3. The lowest BCUT2D eigenvalue weighted by molar-refractivity contribution is 0.147. The summed E-state index contributed by atoms with van der Waals surface area (Å²) in [5.41, 5.74) is 1.69. The Morgan fingerprint density at radius 1 is 1.18 bits per heavy atom. The molecule has 2 rings (SSSR count). The number of phenolic OH excluding ortho intramolecular Hbond substituents is 1. The number of hydrogen-bond donors (Lipinski definition) is 2. The maximum atomic E-state index is 9.86. The normalized spacial score (nSPS) is 18.5. The monoisotopic (exact) mass is 236 g/mol. The van der Waals surface area contributed by atoms with Gasteiger partial charge in [-0.2, -0.15) is 0 Å². The van der Waals surface area contributed by atoms with Crippen LogP contribution in [0.5, 0.6) is 5.75 Å². The molecule has 0 radical (unpaired) electrons. The Labute approximate surface area is 102 Å². The molecule has 0 aromatic heterocycles. The number of likely N-dealkylation sites (N-methyl/N-ethyl adjacent to an activating group) is 1. The minimum atomic E-state index is -0.0254. The Balaban J connectivity index is 1.99. The summed E-state index contributed by atoms with van der Waals surface area (Å²) in [6.07, 6.45) is 0. The van der Waals surface area contributed by atoms with Gasteiger partial charge in [-0.05, 0) is 18.7 Å². The lowest BCUT2D eigenvalue weighted by atomic mass is 10.1. The first-order chi connectivity index (χ1) is 8.19. The van der Waals surface area contributed by atoms with Crippen molar-refractivity contribution in [3.63, 3.8) is 0 Å². The van der Waals surface area contributed by atoms with E-state index in [-0.39, 0.29) is 12.4 Å². The molecule has 0 bridgehead atoms. The summed E-state index contributed by atoms with van der Waals surface area (Å²) in [5.74, 6) is 0.287. The highest BCUT2D eigenvalue weighted by molar-refractivity contribution is 5.36. The van der Waals surface area contributed by atoms with Crippen LogP contribution >= 0.6 is 0 Å². The maximum Gasteiger partial charge on any atom is 0.120 e. The minimum absolute atomic E-state index is 0.0254. The van der Waals surface area contributed by atoms with E-state index in [1.807, 2.05) is 12.1 Å². The third kappa shape index (κ3) is 3.19. The molecule has 2 N–H and O–H groups in total. The summed E-state index contributed by atoms with van der Waals surface area (Å²) in [5, 5.41) is 18.8. The number of aliphatic hydroxyl groups is 1. The standard InChI is InChI=1S/C13H20N2O2/c1-14-4-6-15(7-5-14)9-12-3-2-11(10-16)8-13(12)17/h2-3,8,16-17H,4-7,9-10H2,1H3. The second-order valence-corrected chi connectivity index (χ2v) is 4.70. The van der Waals surface area contributed by atoms with Crippen LogP contribution < -0.4 is 0 Å². The fourth-order valence-electron chi connectivity index (χ4n) is 2.09. The highest BCUT2D eigenvalue weighted by Gasteiger charge is 2.15. The average Bonchev–Trinajstić information content (AvgIpc) is 2.34. The predicted molar refractivity (Wildman–Crippen MR) is 66.8 cm³/mol. The SMILES string of the molecule is CN1CCN(Cc2ccc(CO)cc2O)CC1. The molecule has 4 heteroatoms. The molecule has 0 spiro atoms. The van der Waals surface area contributed by atoms with Crippen molar-refractivity contribution < 1.29 is 10.2 Å². The van der Waals surface area contributed by atoms with Gasteiger partial charge in [-0.15, -0.1) is 0 Å². The largest absolute Gasteiger partial charge is 0.508 e. The van der Waals surface area contributed by atoms with E-state index in [1.165, 1.54) is 0 Å². The molecular weight excluding hydrogens is 216 g/mol. The topological polar surface area (TPSA) is 46.9 Å². The maximum absolute atomic E-state index is 9.86. The molecule has 1 aromatic carbocycles. The first-order valence-corrected chi connectivity index (χ1v) is 6.01. The van der Waals surface area contributed by atoms with E-state index < -0.39 is 0 Å². The van der Waals surface area contributed by atoms with Crippen LogP contribution in [0.1, 0.15) is 11.1 Å². The lowest BCUT2D eigenvalue weighted by Gasteiger charge is -2.32. The van der Waals surface area contributed by atoms with Gasteiger partial charge in [0.05, 0.1) is 6.61 Å². The summed E-state index contributed by atoms with van der Waals surface area (Å²) in [4.78, 5) is 4.65. The van der Waals surface area contributed by atoms with Gasteiger partial charge in [-0.1, -0.05) is 12.1 Å². The second kappa shape index (κ2) is 5.49. The van der Waals surface area contributed by atoms with E-state index in [0.717, 1.165) is 43.9 Å². The molecule has 1 aliphatic rings. The van der Waals surface area contributed by atoms with Crippen LogP contribution in [0.15, 0.2) is 18.2 Å². The summed E-state index contributed by atoms with van der Waals surface area (Å²) in [6, 6.07) is 5.41. The molecule has 1 saturated heterocycles. The van der Waals surface area contributed by atoms with E-state index in [1.54, 1.807) is 6.07 Å². The minimum Gasteiger partial charge on any atom is -0.508 e. The number of benzene rings is 1. The molecule has 94 valence electrons. The zero-order valence-corrected chi connectivity index (χ0v) is 10.3. The predicted octanol–water partition coefficient (Wildman–Crippen LogP) is 0.632. The van der Waals surface area contributed by atoms with E-state index in [2.05, 4.69) is 16.8 Å². The summed E-state index contributed by atoms with van der Waals surface area (Å²) < 4.78 is 0. The van der Waals surface area contributed by atoms with Crippen molar-refractivity contribution in [3.05, 3.63) is 29.3 Å². The lowest BCUT2D eigenvalue weighted by Crippen LogP contribution is -2.43. The molecule has 0 atom stereocenters. The Bertz CT molecular complexity index is 374. The van der Waals surface area contributed by atoms with E-state index in [9.17, 15) is 5.11 Å². The fraction of sp³-hybridized carbons (Fsp3) is 0.538. The number of aromatic hydroxyl groups is 1. The third-order valence-electron chi connectivity index (χ3n) is 3.32. The number of hydrogen-bond acceptors (Lipinski definition) is 4. The van der Waals surface area contributed by atoms with Gasteiger partial charge < -0.3 is 15.1 Å². The van der Waals surface area contributed by atoms with Crippen molar-refractivity contribution >= 4 is 0 Å². The second-order valence-electron chi connectivity index (χ2n) is 4.70. The quantitative estimate of drug-likeness (QED) is 0.808. The molecule has 0 unspecified atom stereocenters. The zero-order valence-electron chi connectivity index (χ0n) is 10.3. The van der Waals surface area contributed by atoms with Gasteiger partial charge in [0.25, 0.3) is 0 Å². The Morgan fingerprint density at radius 2 is 1.88 bits per heavy atom. The van der Waals surface area contributed by atoms with Gasteiger partial charge in [0, 0.05) is 38.3 Å². The van der Waals surface area contributed by atoms with Crippen LogP contribution in [0.2, 0.25) is 0 Å². The van der Waals surface area contributed by atoms with Crippen LogP contribution in [0.3, 0.4) is 0 Å². The summed E-state index contributed by atoms with van der Waals surface area (Å²) in [7, 11) is 2.13. The Kier molecular flexibility index (Phi) is 3.99. The van der Waals surface area contributed by atoms with Gasteiger partial charge >= 0.3 is 0 Å². The van der Waals surface area contributed by atoms with Crippen molar-refractivity contribution in [2.75, 3.05) is 33.2 Å². The first kappa shape index (κ1) is 12.4. The molecule has 4 nitrogen and oxygen atoms in total. The molecule has 1 aromatic rings. The number of nitrogens with zero attached hydrogens (tertiary/aromatic N) is 2. The first-order valence-electron chi connectivity index (χ1n) is 6.01.